The fraction of sp³-hybridized carbons (Fsp3) is 0.206. The number of carbonyl (C=O) groups excluding carboxylic acids is 1. The summed E-state index contributed by atoms with van der Waals surface area (Å²) in [6.07, 6.45) is 11.9. The van der Waals surface area contributed by atoms with Crippen molar-refractivity contribution in [2.45, 2.75) is 38.9 Å². The van der Waals surface area contributed by atoms with Gasteiger partial charge in [0.1, 0.15) is 52.2 Å². The van der Waals surface area contributed by atoms with Crippen LogP contribution in [-0.2, 0) is 60.0 Å². The summed E-state index contributed by atoms with van der Waals surface area (Å²) >= 11 is 0. The van der Waals surface area contributed by atoms with Gasteiger partial charge in [-0.05, 0) is 64.8 Å². The molecule has 1 amide bonds. The molecule has 0 saturated heterocycles. The number of methoxy groups -OCH3 is 2. The molecule has 15 rings (SSSR count). The van der Waals surface area contributed by atoms with Crippen LogP contribution in [0.25, 0.3) is 75.8 Å². The Labute approximate surface area is 544 Å². The van der Waals surface area contributed by atoms with Gasteiger partial charge in [0.25, 0.3) is 17.5 Å². The van der Waals surface area contributed by atoms with Crippen LogP contribution in [0.15, 0.2) is 115 Å². The molecule has 25 nitrogen and oxygen atoms in total. The van der Waals surface area contributed by atoms with Crippen molar-refractivity contribution in [2.24, 2.45) is 26.9 Å². The lowest BCUT2D eigenvalue weighted by molar-refractivity contribution is 0.0994. The quantitative estimate of drug-likeness (QED) is 0.0596. The van der Waals surface area contributed by atoms with Crippen molar-refractivity contribution in [2.75, 3.05) is 50.0 Å². The van der Waals surface area contributed by atoms with Crippen LogP contribution in [0, 0.1) is 30.6 Å². The van der Waals surface area contributed by atoms with E-state index in [1.54, 1.807) is 122 Å². The Morgan fingerprint density at radius 3 is 1.30 bits per heavy atom. The molecule has 3 aromatic carbocycles. The molecule has 12 aromatic rings. The van der Waals surface area contributed by atoms with Crippen molar-refractivity contribution in [3.8, 4) is 62.8 Å². The zero-order chi connectivity index (χ0) is 66.9. The van der Waals surface area contributed by atoms with Gasteiger partial charge in [-0.15, -0.1) is 0 Å². The van der Waals surface area contributed by atoms with Crippen LogP contribution in [0.5, 0.6) is 29.0 Å². The predicted molar refractivity (Wildman–Crippen MR) is 351 cm³/mol. The van der Waals surface area contributed by atoms with Crippen LogP contribution >= 0.6 is 0 Å². The fourth-order valence-electron chi connectivity index (χ4n) is 12.0. The minimum absolute atomic E-state index is 0.152. The van der Waals surface area contributed by atoms with E-state index in [-0.39, 0.29) is 54.2 Å². The largest absolute Gasteiger partial charge is 0.493 e. The number of nitrogens with one attached hydrogen (secondary N) is 4. The highest BCUT2D eigenvalue weighted by molar-refractivity contribution is 6.04. The second-order valence-electron chi connectivity index (χ2n) is 22.2. The van der Waals surface area contributed by atoms with Crippen LogP contribution in [0.1, 0.15) is 43.9 Å². The molecule has 0 spiro atoms. The highest BCUT2D eigenvalue weighted by atomic mass is 19.1. The number of aromatic amines is 1. The Bertz CT molecular complexity index is 5250. The summed E-state index contributed by atoms with van der Waals surface area (Å²) in [6, 6.07) is 19.3. The number of primary amides is 1. The Kier molecular flexibility index (Phi) is 17.0. The van der Waals surface area contributed by atoms with Crippen molar-refractivity contribution in [3.05, 3.63) is 200 Å². The number of nitrogens with two attached hydrogens (primary N) is 1. The molecule has 0 saturated carbocycles. The van der Waals surface area contributed by atoms with Gasteiger partial charge < -0.3 is 60.0 Å². The highest BCUT2D eigenvalue weighted by Gasteiger charge is 2.26. The molecule has 3 aliphatic heterocycles. The van der Waals surface area contributed by atoms with Crippen LogP contribution in [0.3, 0.4) is 0 Å². The van der Waals surface area contributed by atoms with Crippen LogP contribution in [0.2, 0.25) is 0 Å². The lowest BCUT2D eigenvalue weighted by atomic mass is 10.0. The summed E-state index contributed by atoms with van der Waals surface area (Å²) in [4.78, 5) is 55.4. The third kappa shape index (κ3) is 12.0. The van der Waals surface area contributed by atoms with E-state index in [1.807, 2.05) is 6.07 Å². The molecule has 0 unspecified atom stereocenters. The molecule has 28 heteroatoms. The minimum Gasteiger partial charge on any atom is -0.493 e. The Hall–Kier alpha value is -12.6. The second kappa shape index (κ2) is 26.2. The molecule has 0 radical (unpaired) electrons. The number of halogens is 3. The molecular formula is C68H57F3N18O7. The third-order valence-electron chi connectivity index (χ3n) is 16.7. The first-order valence-corrected chi connectivity index (χ1v) is 30.0. The monoisotopic (exact) mass is 1290 g/mol. The summed E-state index contributed by atoms with van der Waals surface area (Å²) in [5.41, 5.74) is 13.9. The summed E-state index contributed by atoms with van der Waals surface area (Å²) < 4.78 is 75.7. The summed E-state index contributed by atoms with van der Waals surface area (Å²) in [6.45, 7) is 16.8. The van der Waals surface area contributed by atoms with Gasteiger partial charge in [0.05, 0.1) is 65.2 Å². The molecule has 96 heavy (non-hydrogen) atoms. The van der Waals surface area contributed by atoms with Crippen molar-refractivity contribution >= 4 is 67.3 Å². The lowest BCUT2D eigenvalue weighted by Crippen LogP contribution is -2.11. The first kappa shape index (κ1) is 62.2. The first-order chi connectivity index (χ1) is 46.6. The van der Waals surface area contributed by atoms with E-state index < -0.39 is 5.91 Å². The van der Waals surface area contributed by atoms with Crippen LogP contribution < -0.4 is 50.9 Å². The van der Waals surface area contributed by atoms with Crippen molar-refractivity contribution in [1.82, 2.24) is 59.2 Å². The van der Waals surface area contributed by atoms with Gasteiger partial charge in [0.15, 0.2) is 5.69 Å². The zero-order valence-corrected chi connectivity index (χ0v) is 52.1. The van der Waals surface area contributed by atoms with Gasteiger partial charge in [0, 0.05) is 184 Å². The smallest absolute Gasteiger partial charge is 0.296 e. The summed E-state index contributed by atoms with van der Waals surface area (Å²) in [7, 11) is 8.32. The topological polar surface area (TPSA) is 285 Å². The second-order valence-corrected chi connectivity index (χ2v) is 22.2. The van der Waals surface area contributed by atoms with Gasteiger partial charge >= 0.3 is 0 Å². The highest BCUT2D eigenvalue weighted by Crippen LogP contribution is 2.40. The number of hydrogen-bond donors (Lipinski definition) is 5. The molecule has 0 atom stereocenters. The normalized spacial score (nSPS) is 12.4. The molecule has 12 heterocycles. The molecular weight excluding hydrogens is 1240 g/mol. The number of H-pyrrole nitrogens is 1. The maximum Gasteiger partial charge on any atom is 0.296 e. The van der Waals surface area contributed by atoms with Gasteiger partial charge in [0.2, 0.25) is 17.3 Å². The Balaban J connectivity index is 0.000000130. The van der Waals surface area contributed by atoms with E-state index in [9.17, 15) is 22.8 Å². The SMILES string of the molecule is COc1cc2c(-c3cc(C(N)=O)nn3C)cnc(NCc3c(F)ccc4c3CCO4)c2cn1.[C-]#[N+]c1cc(-c2cnc(NCc3c(F)ccc4c3CCO4)c3c[nH]c(=O)cc23)n(C)n1.[C-]#[N+]c1cc(-c2cnc(NCc3c(F)ccc4c3CCO4)c3cnc(OC)cc23)n(C)n1. The van der Waals surface area contributed by atoms with E-state index >= 15 is 0 Å². The van der Waals surface area contributed by atoms with E-state index in [4.69, 9.17) is 42.6 Å². The fourth-order valence-corrected chi connectivity index (χ4v) is 12.0. The number of ether oxygens (including phenoxy) is 5. The van der Waals surface area contributed by atoms with E-state index in [0.717, 1.165) is 55.4 Å². The van der Waals surface area contributed by atoms with Gasteiger partial charge in [-0.2, -0.15) is 14.5 Å². The maximum absolute atomic E-state index is 14.6. The predicted octanol–water partition coefficient (Wildman–Crippen LogP) is 10.7. The molecule has 0 aliphatic carbocycles. The maximum atomic E-state index is 14.6. The Morgan fingerprint density at radius 1 is 0.542 bits per heavy atom. The molecule has 6 N–H and O–H groups in total. The minimum atomic E-state index is -0.618. The number of carbonyl (C=O) groups is 1. The van der Waals surface area contributed by atoms with E-state index in [2.05, 4.69) is 70.8 Å². The number of benzene rings is 3. The van der Waals surface area contributed by atoms with E-state index in [0.29, 0.717) is 135 Å². The van der Waals surface area contributed by atoms with Crippen molar-refractivity contribution in [1.29, 1.82) is 0 Å². The number of pyridine rings is 6. The average Bonchev–Trinajstić information content (AvgIpc) is 1.35. The van der Waals surface area contributed by atoms with Gasteiger partial charge in [-0.1, -0.05) is 13.1 Å². The van der Waals surface area contributed by atoms with Crippen molar-refractivity contribution < 1.29 is 41.7 Å². The molecule has 0 bridgehead atoms. The number of aromatic nitrogens is 12. The number of anilines is 3. The molecule has 3 aliphatic rings. The number of hydrogen-bond acceptors (Lipinski definition) is 18. The van der Waals surface area contributed by atoms with E-state index in [1.165, 1.54) is 31.4 Å². The lowest BCUT2D eigenvalue weighted by Gasteiger charge is -2.14. The van der Waals surface area contributed by atoms with Gasteiger partial charge in [-0.25, -0.2) is 38.1 Å². The summed E-state index contributed by atoms with van der Waals surface area (Å²) in [5, 5.41) is 26.7. The summed E-state index contributed by atoms with van der Waals surface area (Å²) in [5.74, 6) is 3.73. The van der Waals surface area contributed by atoms with Gasteiger partial charge in [-0.3, -0.25) is 14.3 Å². The number of aryl methyl sites for hydroxylation is 3. The number of amides is 1. The molecule has 9 aromatic heterocycles. The van der Waals surface area contributed by atoms with Crippen LogP contribution in [-0.4, -0.2) is 99.2 Å². The third-order valence-corrected chi connectivity index (χ3v) is 16.7. The molecule has 482 valence electrons. The zero-order valence-electron chi connectivity index (χ0n) is 52.1. The average molecular weight is 1300 g/mol. The standard InChI is InChI=1S/C23H21FN6O3.C23H19FN6O2.C22H17FN6O2/c1-30-19(8-18(29-30)22(25)31)15-10-28-23(16-11-26-21(32-2)7-13(15)16)27-9-14-12-5-6-33-20(12)4-3-17(14)24;1-25-21-9-19(30(2)29-21)16-11-28-23(17-12-26-22(31-3)8-14(16)17)27-10-15-13-6-7-32-20(13)5-4-18(15)24;1-24-20-8-18(29(2)28-20)15-10-27-22(16-11-25-21(30)7-13(15)16)26-9-14-12-5-6-31-19(12)4-3-17(14)23/h3-4,7-8,10-11H,5-6,9H2,1-2H3,(H2,25,31)(H,27,28);4-5,8-9,11-12H,6-7,10H2,2-3H3,(H,27,28);3-4,7-8,10-11H,5-6,9H2,2H3,(H,25,30)(H,26,27). The number of nitrogens with zero attached hydrogens (tertiary/aromatic N) is 13. The number of rotatable bonds is 15. The van der Waals surface area contributed by atoms with Crippen molar-refractivity contribution in [3.63, 3.8) is 0 Å². The Morgan fingerprint density at radius 2 is 0.927 bits per heavy atom. The number of fused-ring (bicyclic) bond motifs is 6. The molecule has 0 fully saturated rings. The first-order valence-electron chi connectivity index (χ1n) is 30.0. The van der Waals surface area contributed by atoms with Crippen LogP contribution in [0.4, 0.5) is 42.3 Å².